The van der Waals surface area contributed by atoms with Crippen LogP contribution in [-0.2, 0) is 20.0 Å². The monoisotopic (exact) mass is 400 g/mol. The first-order valence-corrected chi connectivity index (χ1v) is 7.98. The van der Waals surface area contributed by atoms with Crippen LogP contribution in [0.5, 0.6) is 0 Å². The van der Waals surface area contributed by atoms with E-state index >= 15 is 0 Å². The number of halogens is 2. The number of imidazole rings is 1. The summed E-state index contributed by atoms with van der Waals surface area (Å²) in [5.74, 6) is 1.59. The number of rotatable bonds is 4. The summed E-state index contributed by atoms with van der Waals surface area (Å²) in [6.07, 6.45) is 2.72. The second-order valence-electron chi connectivity index (χ2n) is 4.67. The molecule has 3 rings (SSSR count). The van der Waals surface area contributed by atoms with Crippen molar-refractivity contribution in [1.82, 2.24) is 19.3 Å². The van der Waals surface area contributed by atoms with Gasteiger partial charge < -0.3 is 4.57 Å². The molecule has 0 aliphatic carbocycles. The molecule has 6 heteroatoms. The van der Waals surface area contributed by atoms with E-state index in [-0.39, 0.29) is 0 Å². The van der Waals surface area contributed by atoms with Gasteiger partial charge in [-0.15, -0.1) is 11.6 Å². The number of hydrogen-bond donors (Lipinski definition) is 0. The Labute approximate surface area is 135 Å². The second kappa shape index (κ2) is 5.73. The molecule has 0 radical (unpaired) electrons. The first kappa shape index (κ1) is 13.9. The summed E-state index contributed by atoms with van der Waals surface area (Å²) in [7, 11) is 1.93. The summed E-state index contributed by atoms with van der Waals surface area (Å²) in [5.41, 5.74) is 3.19. The highest BCUT2D eigenvalue weighted by Gasteiger charge is 2.12. The SMILES string of the molecule is Cn1ccc(Cn2c(CCCl)nc3cc(I)ccc32)n1. The van der Waals surface area contributed by atoms with E-state index in [2.05, 4.69) is 50.5 Å². The van der Waals surface area contributed by atoms with Crippen molar-refractivity contribution in [3.63, 3.8) is 0 Å². The fourth-order valence-electron chi connectivity index (χ4n) is 2.31. The molecule has 1 aromatic carbocycles. The van der Waals surface area contributed by atoms with Crippen LogP contribution in [-0.4, -0.2) is 25.2 Å². The minimum absolute atomic E-state index is 0.572. The van der Waals surface area contributed by atoms with Crippen molar-refractivity contribution in [3.05, 3.63) is 45.6 Å². The maximum Gasteiger partial charge on any atom is 0.111 e. The molecule has 0 bridgehead atoms. The summed E-state index contributed by atoms with van der Waals surface area (Å²) in [5, 5.41) is 4.44. The van der Waals surface area contributed by atoms with Gasteiger partial charge in [-0.3, -0.25) is 4.68 Å². The summed E-state index contributed by atoms with van der Waals surface area (Å²) in [6, 6.07) is 8.35. The maximum absolute atomic E-state index is 5.90. The number of benzene rings is 1. The summed E-state index contributed by atoms with van der Waals surface area (Å²) >= 11 is 8.21. The van der Waals surface area contributed by atoms with Crippen LogP contribution in [0.1, 0.15) is 11.5 Å². The molecule has 4 nitrogen and oxygen atoms in total. The molecule has 3 aromatic rings. The minimum Gasteiger partial charge on any atom is -0.322 e. The Morgan fingerprint density at radius 1 is 1.30 bits per heavy atom. The van der Waals surface area contributed by atoms with Crippen molar-refractivity contribution < 1.29 is 0 Å². The number of hydrogen-bond acceptors (Lipinski definition) is 2. The van der Waals surface area contributed by atoms with Gasteiger partial charge in [-0.2, -0.15) is 5.10 Å². The van der Waals surface area contributed by atoms with Crippen LogP contribution in [0.3, 0.4) is 0 Å². The Kier molecular flexibility index (Phi) is 3.98. The minimum atomic E-state index is 0.572. The number of aryl methyl sites for hydroxylation is 2. The number of fused-ring (bicyclic) bond motifs is 1. The average Bonchev–Trinajstić information content (AvgIpc) is 2.95. The Balaban J connectivity index is 2.08. The zero-order chi connectivity index (χ0) is 14.1. The molecule has 0 atom stereocenters. The lowest BCUT2D eigenvalue weighted by Crippen LogP contribution is -2.07. The highest BCUT2D eigenvalue weighted by Crippen LogP contribution is 2.20. The normalized spacial score (nSPS) is 11.3. The molecular formula is C14H14ClIN4. The smallest absolute Gasteiger partial charge is 0.111 e. The molecular weight excluding hydrogens is 387 g/mol. The molecule has 0 saturated carbocycles. The van der Waals surface area contributed by atoms with Crippen molar-refractivity contribution in [2.45, 2.75) is 13.0 Å². The molecule has 0 aliphatic rings. The summed E-state index contributed by atoms with van der Waals surface area (Å²) in [6.45, 7) is 0.726. The van der Waals surface area contributed by atoms with E-state index in [1.165, 1.54) is 3.57 Å². The van der Waals surface area contributed by atoms with Crippen LogP contribution in [0.4, 0.5) is 0 Å². The van der Waals surface area contributed by atoms with Gasteiger partial charge in [0.25, 0.3) is 0 Å². The van der Waals surface area contributed by atoms with E-state index in [1.807, 2.05) is 24.0 Å². The molecule has 0 saturated heterocycles. The fraction of sp³-hybridized carbons (Fsp3) is 0.286. The lowest BCUT2D eigenvalue weighted by molar-refractivity contribution is 0.694. The second-order valence-corrected chi connectivity index (χ2v) is 6.29. The predicted octanol–water partition coefficient (Wildman–Crippen LogP) is 3.20. The third-order valence-electron chi connectivity index (χ3n) is 3.20. The third kappa shape index (κ3) is 2.69. The lowest BCUT2D eigenvalue weighted by Gasteiger charge is -2.06. The van der Waals surface area contributed by atoms with Crippen LogP contribution < -0.4 is 0 Å². The molecule has 0 spiro atoms. The molecule has 2 aromatic heterocycles. The maximum atomic E-state index is 5.90. The van der Waals surface area contributed by atoms with Gasteiger partial charge in [0.1, 0.15) is 5.82 Å². The van der Waals surface area contributed by atoms with Crippen LogP contribution in [0, 0.1) is 3.57 Å². The van der Waals surface area contributed by atoms with E-state index in [1.54, 1.807) is 0 Å². The number of nitrogens with zero attached hydrogens (tertiary/aromatic N) is 4. The highest BCUT2D eigenvalue weighted by molar-refractivity contribution is 14.1. The van der Waals surface area contributed by atoms with Crippen molar-refractivity contribution in [2.75, 3.05) is 5.88 Å². The van der Waals surface area contributed by atoms with E-state index in [4.69, 9.17) is 16.6 Å². The Hall–Kier alpha value is -1.08. The van der Waals surface area contributed by atoms with Crippen LogP contribution in [0.25, 0.3) is 11.0 Å². The zero-order valence-corrected chi connectivity index (χ0v) is 14.0. The van der Waals surface area contributed by atoms with E-state index in [9.17, 15) is 0 Å². The van der Waals surface area contributed by atoms with E-state index in [0.717, 1.165) is 35.5 Å². The largest absolute Gasteiger partial charge is 0.322 e. The molecule has 0 unspecified atom stereocenters. The van der Waals surface area contributed by atoms with Crippen LogP contribution >= 0.6 is 34.2 Å². The number of alkyl halides is 1. The fourth-order valence-corrected chi connectivity index (χ4v) is 2.96. The van der Waals surface area contributed by atoms with Gasteiger partial charge in [-0.1, -0.05) is 0 Å². The first-order chi connectivity index (χ1) is 9.67. The van der Waals surface area contributed by atoms with Gasteiger partial charge in [0.2, 0.25) is 0 Å². The van der Waals surface area contributed by atoms with Crippen LogP contribution in [0.15, 0.2) is 30.5 Å². The molecule has 0 fully saturated rings. The molecule has 0 amide bonds. The summed E-state index contributed by atoms with van der Waals surface area (Å²) < 4.78 is 5.21. The van der Waals surface area contributed by atoms with Crippen molar-refractivity contribution in [2.24, 2.45) is 7.05 Å². The summed E-state index contributed by atoms with van der Waals surface area (Å²) in [4.78, 5) is 4.71. The quantitative estimate of drug-likeness (QED) is 0.498. The van der Waals surface area contributed by atoms with Gasteiger partial charge in [0.05, 0.1) is 23.3 Å². The Morgan fingerprint density at radius 3 is 2.85 bits per heavy atom. The Bertz CT molecular complexity index is 747. The van der Waals surface area contributed by atoms with Crippen molar-refractivity contribution in [3.8, 4) is 0 Å². The van der Waals surface area contributed by atoms with Gasteiger partial charge in [0.15, 0.2) is 0 Å². The third-order valence-corrected chi connectivity index (χ3v) is 4.06. The average molecular weight is 401 g/mol. The first-order valence-electron chi connectivity index (χ1n) is 6.36. The van der Waals surface area contributed by atoms with Crippen LogP contribution in [0.2, 0.25) is 0 Å². The predicted molar refractivity (Wildman–Crippen MR) is 89.2 cm³/mol. The highest BCUT2D eigenvalue weighted by atomic mass is 127. The van der Waals surface area contributed by atoms with E-state index < -0.39 is 0 Å². The zero-order valence-electron chi connectivity index (χ0n) is 11.1. The van der Waals surface area contributed by atoms with E-state index in [0.29, 0.717) is 5.88 Å². The lowest BCUT2D eigenvalue weighted by atomic mass is 10.3. The molecule has 2 heterocycles. The van der Waals surface area contributed by atoms with Gasteiger partial charge >= 0.3 is 0 Å². The topological polar surface area (TPSA) is 35.6 Å². The molecule has 0 aliphatic heterocycles. The van der Waals surface area contributed by atoms with Gasteiger partial charge in [-0.05, 0) is 46.9 Å². The van der Waals surface area contributed by atoms with Gasteiger partial charge in [-0.25, -0.2) is 4.98 Å². The standard InChI is InChI=1S/C14H14ClIN4/c1-19-7-5-11(18-19)9-20-13-3-2-10(16)8-12(13)17-14(20)4-6-15/h2-3,5,7-8H,4,6,9H2,1H3. The number of aromatic nitrogens is 4. The van der Waals surface area contributed by atoms with Crippen molar-refractivity contribution in [1.29, 1.82) is 0 Å². The molecule has 104 valence electrons. The Morgan fingerprint density at radius 2 is 2.15 bits per heavy atom. The molecule has 0 N–H and O–H groups in total. The van der Waals surface area contributed by atoms with Gasteiger partial charge in [0, 0.05) is 29.1 Å². The van der Waals surface area contributed by atoms with Crippen molar-refractivity contribution >= 4 is 45.2 Å². The molecule has 20 heavy (non-hydrogen) atoms.